The van der Waals surface area contributed by atoms with Gasteiger partial charge in [-0.3, -0.25) is 4.79 Å². The van der Waals surface area contributed by atoms with E-state index >= 15 is 0 Å². The van der Waals surface area contributed by atoms with Gasteiger partial charge in [-0.2, -0.15) is 0 Å². The van der Waals surface area contributed by atoms with Crippen LogP contribution in [-0.4, -0.2) is 4.98 Å². The van der Waals surface area contributed by atoms with Crippen molar-refractivity contribution in [3.8, 4) is 0 Å². The smallest absolute Gasteiger partial charge is 0.266 e. The van der Waals surface area contributed by atoms with Gasteiger partial charge in [0.15, 0.2) is 0 Å². The van der Waals surface area contributed by atoms with Gasteiger partial charge >= 0.3 is 0 Å². The van der Waals surface area contributed by atoms with Gasteiger partial charge in [0.2, 0.25) is 0 Å². The van der Waals surface area contributed by atoms with Crippen LogP contribution >= 0.6 is 11.3 Å². The summed E-state index contributed by atoms with van der Waals surface area (Å²) in [5, 5.41) is 8.16. The number of aromatic nitrogens is 1. The Bertz CT molecular complexity index is 1560. The molecule has 0 spiro atoms. The standard InChI is InChI=1S/C23H13NOS/c25-23-22-20(17-11-9-14-6-2-4-8-16(14)21(17)26-22)19-15-7-3-1-5-13(15)10-12-18(19)24-23/h1-12H,(H,24,25). The maximum absolute atomic E-state index is 12.8. The lowest BCUT2D eigenvalue weighted by atomic mass is 9.99. The van der Waals surface area contributed by atoms with Gasteiger partial charge in [0.1, 0.15) is 4.70 Å². The molecule has 0 aliphatic heterocycles. The van der Waals surface area contributed by atoms with Gasteiger partial charge in [-0.15, -0.1) is 11.3 Å². The van der Waals surface area contributed by atoms with E-state index in [1.54, 1.807) is 11.3 Å². The Morgan fingerprint density at radius 2 is 1.31 bits per heavy atom. The highest BCUT2D eigenvalue weighted by Gasteiger charge is 2.15. The second kappa shape index (κ2) is 4.93. The van der Waals surface area contributed by atoms with Gasteiger partial charge in [-0.05, 0) is 27.6 Å². The number of pyridine rings is 1. The molecule has 0 amide bonds. The summed E-state index contributed by atoms with van der Waals surface area (Å²) < 4.78 is 1.99. The van der Waals surface area contributed by atoms with Crippen molar-refractivity contribution in [2.24, 2.45) is 0 Å². The van der Waals surface area contributed by atoms with Crippen LogP contribution in [0.5, 0.6) is 0 Å². The lowest BCUT2D eigenvalue weighted by Crippen LogP contribution is -2.04. The van der Waals surface area contributed by atoms with Crippen molar-refractivity contribution < 1.29 is 0 Å². The third-order valence-electron chi connectivity index (χ3n) is 5.21. The van der Waals surface area contributed by atoms with Crippen LogP contribution in [0.4, 0.5) is 0 Å². The molecule has 26 heavy (non-hydrogen) atoms. The van der Waals surface area contributed by atoms with Crippen LogP contribution in [-0.2, 0) is 0 Å². The first kappa shape index (κ1) is 14.0. The van der Waals surface area contributed by atoms with Gasteiger partial charge in [-0.1, -0.05) is 66.7 Å². The van der Waals surface area contributed by atoms with Crippen molar-refractivity contribution in [3.63, 3.8) is 0 Å². The predicted octanol–water partition coefficient (Wildman–Crippen LogP) is 6.20. The van der Waals surface area contributed by atoms with E-state index in [-0.39, 0.29) is 5.56 Å². The van der Waals surface area contributed by atoms with Gasteiger partial charge in [0.05, 0.1) is 0 Å². The van der Waals surface area contributed by atoms with Crippen LogP contribution in [0.3, 0.4) is 0 Å². The van der Waals surface area contributed by atoms with Crippen LogP contribution in [0.2, 0.25) is 0 Å². The summed E-state index contributed by atoms with van der Waals surface area (Å²) in [4.78, 5) is 15.9. The molecule has 0 aliphatic carbocycles. The van der Waals surface area contributed by atoms with Gasteiger partial charge in [0.25, 0.3) is 5.56 Å². The number of nitrogens with one attached hydrogen (secondary N) is 1. The lowest BCUT2D eigenvalue weighted by Gasteiger charge is -2.06. The molecule has 0 fully saturated rings. The molecule has 2 nitrogen and oxygen atoms in total. The molecule has 0 saturated heterocycles. The minimum Gasteiger partial charge on any atom is -0.321 e. The number of H-pyrrole nitrogens is 1. The lowest BCUT2D eigenvalue weighted by molar-refractivity contribution is 1.36. The zero-order valence-electron chi connectivity index (χ0n) is 13.7. The SMILES string of the molecule is O=c1[nH]c2ccc3ccccc3c2c2c1sc1c3ccccc3ccc12. The van der Waals surface area contributed by atoms with Gasteiger partial charge in [-0.25, -0.2) is 0 Å². The third-order valence-corrected chi connectivity index (χ3v) is 6.45. The third kappa shape index (κ3) is 1.73. The van der Waals surface area contributed by atoms with E-state index in [2.05, 4.69) is 71.7 Å². The maximum atomic E-state index is 12.8. The molecule has 0 saturated carbocycles. The Morgan fingerprint density at radius 1 is 0.615 bits per heavy atom. The Kier molecular flexibility index (Phi) is 2.66. The van der Waals surface area contributed by atoms with Crippen molar-refractivity contribution in [1.82, 2.24) is 4.98 Å². The highest BCUT2D eigenvalue weighted by atomic mass is 32.1. The molecule has 6 rings (SSSR count). The van der Waals surface area contributed by atoms with Crippen LogP contribution in [0, 0.1) is 0 Å². The fraction of sp³-hybridized carbons (Fsp3) is 0. The van der Waals surface area contributed by atoms with E-state index in [0.29, 0.717) is 0 Å². The quantitative estimate of drug-likeness (QED) is 0.325. The van der Waals surface area contributed by atoms with Crippen molar-refractivity contribution in [2.45, 2.75) is 0 Å². The summed E-state index contributed by atoms with van der Waals surface area (Å²) in [5.41, 5.74) is 0.891. The molecule has 2 aromatic heterocycles. The molecule has 0 bridgehead atoms. The van der Waals surface area contributed by atoms with E-state index in [9.17, 15) is 4.79 Å². The van der Waals surface area contributed by atoms with Crippen molar-refractivity contribution in [3.05, 3.63) is 83.2 Å². The summed E-state index contributed by atoms with van der Waals surface area (Å²) in [6.07, 6.45) is 0. The molecular formula is C23H13NOS. The molecule has 1 N–H and O–H groups in total. The van der Waals surface area contributed by atoms with E-state index in [4.69, 9.17) is 0 Å². The van der Waals surface area contributed by atoms with Crippen molar-refractivity contribution in [1.29, 1.82) is 0 Å². The number of benzene rings is 4. The molecule has 122 valence electrons. The highest BCUT2D eigenvalue weighted by molar-refractivity contribution is 7.26. The summed E-state index contributed by atoms with van der Waals surface area (Å²) >= 11 is 1.60. The summed E-state index contributed by atoms with van der Waals surface area (Å²) in [6.45, 7) is 0. The average molecular weight is 351 g/mol. The fourth-order valence-electron chi connectivity index (χ4n) is 4.06. The van der Waals surface area contributed by atoms with E-state index in [1.807, 2.05) is 6.07 Å². The van der Waals surface area contributed by atoms with Crippen molar-refractivity contribution in [2.75, 3.05) is 0 Å². The second-order valence-electron chi connectivity index (χ2n) is 6.63. The first-order valence-electron chi connectivity index (χ1n) is 8.59. The van der Waals surface area contributed by atoms with Gasteiger partial charge in [0, 0.05) is 26.4 Å². The number of thiophene rings is 1. The zero-order chi connectivity index (χ0) is 17.3. The van der Waals surface area contributed by atoms with Crippen LogP contribution < -0.4 is 5.56 Å². The Hall–Kier alpha value is -3.17. The molecule has 0 unspecified atom stereocenters. The zero-order valence-corrected chi connectivity index (χ0v) is 14.6. The first-order chi connectivity index (χ1) is 12.8. The predicted molar refractivity (Wildman–Crippen MR) is 112 cm³/mol. The molecule has 0 atom stereocenters. The Morgan fingerprint density at radius 3 is 2.15 bits per heavy atom. The molecule has 2 heterocycles. The second-order valence-corrected chi connectivity index (χ2v) is 7.65. The average Bonchev–Trinajstić information content (AvgIpc) is 3.08. The van der Waals surface area contributed by atoms with E-state index < -0.39 is 0 Å². The highest BCUT2D eigenvalue weighted by Crippen LogP contribution is 2.41. The molecule has 3 heteroatoms. The number of fused-ring (bicyclic) bond motifs is 9. The first-order valence-corrected chi connectivity index (χ1v) is 9.40. The van der Waals surface area contributed by atoms with Crippen LogP contribution in [0.25, 0.3) is 52.6 Å². The number of rotatable bonds is 0. The number of hydrogen-bond donors (Lipinski definition) is 1. The van der Waals surface area contributed by atoms with Gasteiger partial charge < -0.3 is 4.98 Å². The normalized spacial score (nSPS) is 12.0. The van der Waals surface area contributed by atoms with Crippen LogP contribution in [0.1, 0.15) is 0 Å². The number of aromatic amines is 1. The summed E-state index contributed by atoms with van der Waals surface area (Å²) in [5.74, 6) is 0. The Labute approximate surface area is 152 Å². The fourth-order valence-corrected chi connectivity index (χ4v) is 5.30. The van der Waals surface area contributed by atoms with E-state index in [0.717, 1.165) is 26.4 Å². The molecule has 0 aliphatic rings. The van der Waals surface area contributed by atoms with E-state index in [1.165, 1.54) is 26.2 Å². The van der Waals surface area contributed by atoms with Crippen LogP contribution in [0.15, 0.2) is 77.6 Å². The molecule has 0 radical (unpaired) electrons. The Balaban J connectivity index is 2.00. The minimum atomic E-state index is -0.00642. The summed E-state index contributed by atoms with van der Waals surface area (Å²) in [6, 6.07) is 25.2. The molecular weight excluding hydrogens is 338 g/mol. The molecule has 6 aromatic rings. The van der Waals surface area contributed by atoms with Crippen molar-refractivity contribution >= 4 is 64.0 Å². The monoisotopic (exact) mass is 351 g/mol. The topological polar surface area (TPSA) is 32.9 Å². The maximum Gasteiger partial charge on any atom is 0.266 e. The largest absolute Gasteiger partial charge is 0.321 e. The summed E-state index contributed by atoms with van der Waals surface area (Å²) in [7, 11) is 0. The minimum absolute atomic E-state index is 0.00642. The number of hydrogen-bond acceptors (Lipinski definition) is 2. The molecule has 4 aromatic carbocycles.